The van der Waals surface area contributed by atoms with Gasteiger partial charge in [-0.05, 0) is 54.4 Å². The monoisotopic (exact) mass is 316 g/mol. The maximum atomic E-state index is 13.5. The summed E-state index contributed by atoms with van der Waals surface area (Å²) in [6.45, 7) is 6.12. The third kappa shape index (κ3) is 3.01. The van der Waals surface area contributed by atoms with Crippen molar-refractivity contribution in [2.75, 3.05) is 11.1 Å². The topological polar surface area (TPSA) is 24.4 Å². The zero-order valence-corrected chi connectivity index (χ0v) is 12.4. The highest BCUT2D eigenvalue weighted by Gasteiger charge is 2.25. The van der Waals surface area contributed by atoms with Crippen LogP contribution in [0.4, 0.5) is 10.1 Å². The zero-order valence-electron chi connectivity index (χ0n) is 9.97. The number of hydrogen-bond donors (Lipinski definition) is 1. The number of halogens is 2. The molecular weight excluding hydrogens is 303 g/mol. The van der Waals surface area contributed by atoms with E-state index in [9.17, 15) is 4.39 Å². The van der Waals surface area contributed by atoms with Gasteiger partial charge in [-0.3, -0.25) is 4.99 Å². The quantitative estimate of drug-likeness (QED) is 0.840. The van der Waals surface area contributed by atoms with E-state index in [1.54, 1.807) is 17.8 Å². The molecule has 0 aliphatic carbocycles. The first-order valence-electron chi connectivity index (χ1n) is 5.33. The van der Waals surface area contributed by atoms with Crippen LogP contribution in [0.2, 0.25) is 0 Å². The summed E-state index contributed by atoms with van der Waals surface area (Å²) in [5, 5.41) is 4.05. The van der Waals surface area contributed by atoms with Crippen LogP contribution in [-0.4, -0.2) is 16.5 Å². The largest absolute Gasteiger partial charge is 0.335 e. The minimum atomic E-state index is -0.263. The molecule has 0 aromatic heterocycles. The van der Waals surface area contributed by atoms with Crippen molar-refractivity contribution in [1.82, 2.24) is 0 Å². The number of thioether (sulfide) groups is 1. The highest BCUT2D eigenvalue weighted by Crippen LogP contribution is 2.30. The molecule has 1 aromatic rings. The molecule has 0 bridgehead atoms. The molecule has 0 spiro atoms. The Bertz CT molecular complexity index is 486. The van der Waals surface area contributed by atoms with Crippen LogP contribution in [0.3, 0.4) is 0 Å². The van der Waals surface area contributed by atoms with E-state index in [0.29, 0.717) is 4.47 Å². The summed E-state index contributed by atoms with van der Waals surface area (Å²) in [4.78, 5) is 4.54. The van der Waals surface area contributed by atoms with Gasteiger partial charge in [0.2, 0.25) is 0 Å². The number of anilines is 1. The summed E-state index contributed by atoms with van der Waals surface area (Å²) in [5.74, 6) is 0.689. The van der Waals surface area contributed by atoms with Gasteiger partial charge < -0.3 is 5.32 Å². The van der Waals surface area contributed by atoms with E-state index < -0.39 is 0 Å². The Labute approximate surface area is 113 Å². The Kier molecular flexibility index (Phi) is 3.50. The number of amidine groups is 1. The summed E-state index contributed by atoms with van der Waals surface area (Å²) in [6.07, 6.45) is 0. The summed E-state index contributed by atoms with van der Waals surface area (Å²) >= 11 is 4.84. The molecule has 0 unspecified atom stereocenters. The zero-order chi connectivity index (χ0) is 12.6. The van der Waals surface area contributed by atoms with Crippen LogP contribution in [0.5, 0.6) is 0 Å². The number of nitrogens with zero attached hydrogens (tertiary/aromatic N) is 1. The van der Waals surface area contributed by atoms with Gasteiger partial charge >= 0.3 is 0 Å². The van der Waals surface area contributed by atoms with Gasteiger partial charge in [-0.1, -0.05) is 11.8 Å². The molecule has 17 heavy (non-hydrogen) atoms. The van der Waals surface area contributed by atoms with Crippen molar-refractivity contribution in [3.05, 3.63) is 28.0 Å². The fourth-order valence-corrected chi connectivity index (χ4v) is 3.05. The van der Waals surface area contributed by atoms with E-state index >= 15 is 0 Å². The minimum absolute atomic E-state index is 0.0329. The van der Waals surface area contributed by atoms with Gasteiger partial charge in [0.05, 0.1) is 10.0 Å². The Morgan fingerprint density at radius 3 is 2.76 bits per heavy atom. The second-order valence-corrected chi connectivity index (χ2v) is 6.54. The predicted molar refractivity (Wildman–Crippen MR) is 76.4 cm³/mol. The average molecular weight is 317 g/mol. The van der Waals surface area contributed by atoms with Gasteiger partial charge in [0.15, 0.2) is 5.17 Å². The third-order valence-electron chi connectivity index (χ3n) is 2.48. The van der Waals surface area contributed by atoms with Gasteiger partial charge in [-0.25, -0.2) is 4.39 Å². The molecule has 0 saturated heterocycles. The number of aryl methyl sites for hydroxylation is 1. The van der Waals surface area contributed by atoms with Crippen LogP contribution in [0.25, 0.3) is 0 Å². The highest BCUT2D eigenvalue weighted by atomic mass is 79.9. The molecule has 1 N–H and O–H groups in total. The van der Waals surface area contributed by atoms with Gasteiger partial charge in [0, 0.05) is 11.4 Å². The van der Waals surface area contributed by atoms with Crippen LogP contribution in [0.15, 0.2) is 21.6 Å². The molecule has 0 amide bonds. The molecular formula is C12H14BrFN2S. The van der Waals surface area contributed by atoms with E-state index in [4.69, 9.17) is 0 Å². The van der Waals surface area contributed by atoms with E-state index in [1.807, 2.05) is 6.92 Å². The Hall–Kier alpha value is -0.550. The maximum Gasteiger partial charge on any atom is 0.161 e. The van der Waals surface area contributed by atoms with E-state index in [-0.39, 0.29) is 11.4 Å². The van der Waals surface area contributed by atoms with E-state index in [1.165, 1.54) is 6.07 Å². The highest BCUT2D eigenvalue weighted by molar-refractivity contribution is 9.10. The number of rotatable bonds is 1. The molecule has 1 aromatic carbocycles. The van der Waals surface area contributed by atoms with Gasteiger partial charge in [0.1, 0.15) is 5.82 Å². The molecule has 2 nitrogen and oxygen atoms in total. The first-order chi connectivity index (χ1) is 7.87. The summed E-state index contributed by atoms with van der Waals surface area (Å²) in [5.41, 5.74) is 1.73. The normalized spacial score (nSPS) is 18.1. The van der Waals surface area contributed by atoms with Gasteiger partial charge in [0.25, 0.3) is 0 Å². The molecule has 0 fully saturated rings. The van der Waals surface area contributed by atoms with Crippen molar-refractivity contribution >= 4 is 38.5 Å². The summed E-state index contributed by atoms with van der Waals surface area (Å²) < 4.78 is 13.9. The maximum absolute atomic E-state index is 13.5. The second kappa shape index (κ2) is 4.61. The summed E-state index contributed by atoms with van der Waals surface area (Å²) in [7, 11) is 0. The summed E-state index contributed by atoms with van der Waals surface area (Å²) in [6, 6.07) is 3.26. The lowest BCUT2D eigenvalue weighted by atomic mass is 10.1. The number of hydrogen-bond acceptors (Lipinski definition) is 3. The Morgan fingerprint density at radius 2 is 2.18 bits per heavy atom. The van der Waals surface area contributed by atoms with Crippen LogP contribution >= 0.6 is 27.7 Å². The first-order valence-corrected chi connectivity index (χ1v) is 7.10. The second-order valence-electron chi connectivity index (χ2n) is 4.72. The van der Waals surface area contributed by atoms with Crippen molar-refractivity contribution in [3.63, 3.8) is 0 Å². The SMILES string of the molecule is Cc1cc(Br)c(F)cc1NC1=NC(C)(C)CS1. The molecule has 0 saturated carbocycles. The van der Waals surface area contributed by atoms with Gasteiger partial charge in [-0.2, -0.15) is 0 Å². The molecule has 0 atom stereocenters. The lowest BCUT2D eigenvalue weighted by Crippen LogP contribution is -2.15. The molecule has 92 valence electrons. The smallest absolute Gasteiger partial charge is 0.161 e. The van der Waals surface area contributed by atoms with E-state index in [0.717, 1.165) is 22.2 Å². The van der Waals surface area contributed by atoms with Crippen LogP contribution in [0, 0.1) is 12.7 Å². The number of benzene rings is 1. The lowest BCUT2D eigenvalue weighted by Gasteiger charge is -2.10. The molecule has 1 heterocycles. The third-order valence-corrected chi connectivity index (χ3v) is 4.40. The van der Waals surface area contributed by atoms with E-state index in [2.05, 4.69) is 40.1 Å². The Morgan fingerprint density at radius 1 is 1.47 bits per heavy atom. The fourth-order valence-electron chi connectivity index (χ4n) is 1.54. The molecule has 1 aliphatic heterocycles. The van der Waals surface area contributed by atoms with Crippen LogP contribution in [-0.2, 0) is 0 Å². The van der Waals surface area contributed by atoms with Crippen LogP contribution < -0.4 is 5.32 Å². The first kappa shape index (κ1) is 12.9. The fraction of sp³-hybridized carbons (Fsp3) is 0.417. The number of aliphatic imine (C=N–C) groups is 1. The minimum Gasteiger partial charge on any atom is -0.335 e. The van der Waals surface area contributed by atoms with Crippen molar-refractivity contribution < 1.29 is 4.39 Å². The molecule has 0 radical (unpaired) electrons. The molecule has 2 rings (SSSR count). The predicted octanol–water partition coefficient (Wildman–Crippen LogP) is 4.19. The molecule has 1 aliphatic rings. The van der Waals surface area contributed by atoms with Crippen molar-refractivity contribution in [2.24, 2.45) is 4.99 Å². The van der Waals surface area contributed by atoms with Crippen molar-refractivity contribution in [2.45, 2.75) is 26.3 Å². The van der Waals surface area contributed by atoms with Crippen molar-refractivity contribution in [3.8, 4) is 0 Å². The Balaban J connectivity index is 2.23. The standard InChI is InChI=1S/C12H14BrFN2S/c1-7-4-8(13)9(14)5-10(7)15-11-16-12(2,3)6-17-11/h4-5H,6H2,1-3H3,(H,15,16). The average Bonchev–Trinajstić information content (AvgIpc) is 2.54. The van der Waals surface area contributed by atoms with Crippen LogP contribution in [0.1, 0.15) is 19.4 Å². The molecule has 5 heteroatoms. The number of nitrogens with one attached hydrogen (secondary N) is 1. The lowest BCUT2D eigenvalue weighted by molar-refractivity contribution is 0.605. The van der Waals surface area contributed by atoms with Gasteiger partial charge in [-0.15, -0.1) is 0 Å². The van der Waals surface area contributed by atoms with Crippen molar-refractivity contribution in [1.29, 1.82) is 0 Å².